The van der Waals surface area contributed by atoms with Gasteiger partial charge in [-0.3, -0.25) is 9.69 Å². The summed E-state index contributed by atoms with van der Waals surface area (Å²) < 4.78 is 55.6. The van der Waals surface area contributed by atoms with Gasteiger partial charge in [0.2, 0.25) is 0 Å². The van der Waals surface area contributed by atoms with Crippen molar-refractivity contribution in [3.63, 3.8) is 0 Å². The highest BCUT2D eigenvalue weighted by molar-refractivity contribution is 9.10. The number of methoxy groups -OCH3 is 2. The summed E-state index contributed by atoms with van der Waals surface area (Å²) in [6, 6.07) is 14.2. The third-order valence-electron chi connectivity index (χ3n) is 5.70. The van der Waals surface area contributed by atoms with Crippen molar-refractivity contribution in [2.45, 2.75) is 10.4 Å². The van der Waals surface area contributed by atoms with Gasteiger partial charge in [-0.15, -0.1) is 0 Å². The van der Waals surface area contributed by atoms with Crippen LogP contribution >= 0.6 is 15.9 Å². The fourth-order valence-corrected chi connectivity index (χ4v) is 5.30. The smallest absolute Gasteiger partial charge is 0.343 e. The second-order valence-electron chi connectivity index (χ2n) is 7.75. The topological polar surface area (TPSA) is 121 Å². The molecule has 9 nitrogen and oxygen atoms in total. The number of likely N-dealkylation sites (N-methyl/N-ethyl adjacent to an activating group) is 1. The molecule has 0 aromatic heterocycles. The zero-order chi connectivity index (χ0) is 26.3. The average Bonchev–Trinajstić information content (AvgIpc) is 3.10. The molecule has 0 bridgehead atoms. The Hall–Kier alpha value is -3.64. The van der Waals surface area contributed by atoms with Crippen LogP contribution in [-0.4, -0.2) is 46.5 Å². The molecule has 0 radical (unpaired) electrons. The Balaban J connectivity index is 1.74. The van der Waals surface area contributed by atoms with Crippen molar-refractivity contribution >= 4 is 37.9 Å². The summed E-state index contributed by atoms with van der Waals surface area (Å²) in [4.78, 5) is 18.7. The summed E-state index contributed by atoms with van der Waals surface area (Å²) in [5.41, 5.74) is 5.11. The van der Waals surface area contributed by atoms with Gasteiger partial charge in [-0.1, -0.05) is 18.2 Å². The SMILES string of the molecule is COc1ccc(OC)c(S(=O)(=O)Oc2ccc(C3(c4ccc(F)c(Br)c4)N=C(N)N(C)C3=O)cc2)c1. The van der Waals surface area contributed by atoms with E-state index in [9.17, 15) is 17.6 Å². The second-order valence-corrected chi connectivity index (χ2v) is 10.1. The van der Waals surface area contributed by atoms with Crippen molar-refractivity contribution in [2.24, 2.45) is 10.7 Å². The van der Waals surface area contributed by atoms with Crippen LogP contribution in [0.3, 0.4) is 0 Å². The molecule has 0 spiro atoms. The molecule has 2 N–H and O–H groups in total. The van der Waals surface area contributed by atoms with Gasteiger partial charge in [0.05, 0.1) is 18.7 Å². The maximum atomic E-state index is 13.9. The lowest BCUT2D eigenvalue weighted by Crippen LogP contribution is -2.41. The van der Waals surface area contributed by atoms with Gasteiger partial charge in [-0.05, 0) is 63.5 Å². The van der Waals surface area contributed by atoms with Crippen molar-refractivity contribution in [3.8, 4) is 17.2 Å². The summed E-state index contributed by atoms with van der Waals surface area (Å²) in [6.07, 6.45) is 0. The molecular formula is C24H21BrFN3O6S. The normalized spacial score (nSPS) is 17.6. The molecule has 12 heteroatoms. The van der Waals surface area contributed by atoms with E-state index in [0.717, 1.165) is 0 Å². The first-order chi connectivity index (χ1) is 17.0. The number of hydrogen-bond donors (Lipinski definition) is 1. The molecule has 0 aliphatic carbocycles. The Labute approximate surface area is 215 Å². The highest BCUT2D eigenvalue weighted by Crippen LogP contribution is 2.41. The standard InChI is InChI=1S/C24H21BrFN3O6S/c1-29-22(30)24(28-23(29)27,15-6-10-19(26)18(25)12-15)14-4-7-16(8-5-14)35-36(31,32)21-13-17(33-2)9-11-20(21)34-3/h4-13H,1-3H3,(H2,27,28). The van der Waals surface area contributed by atoms with Gasteiger partial charge < -0.3 is 19.4 Å². The van der Waals surface area contributed by atoms with E-state index in [0.29, 0.717) is 16.9 Å². The first-order valence-electron chi connectivity index (χ1n) is 10.4. The van der Waals surface area contributed by atoms with Crippen molar-refractivity contribution < 1.29 is 31.3 Å². The summed E-state index contributed by atoms with van der Waals surface area (Å²) in [5, 5.41) is 0. The molecule has 0 fully saturated rings. The maximum Gasteiger partial charge on any atom is 0.343 e. The van der Waals surface area contributed by atoms with E-state index < -0.39 is 27.4 Å². The summed E-state index contributed by atoms with van der Waals surface area (Å²) in [5.74, 6) is -0.617. The molecule has 4 rings (SSSR count). The lowest BCUT2D eigenvalue weighted by molar-refractivity contribution is -0.129. The molecular weight excluding hydrogens is 557 g/mol. The minimum atomic E-state index is -4.30. The van der Waals surface area contributed by atoms with Crippen molar-refractivity contribution in [2.75, 3.05) is 21.3 Å². The molecule has 36 heavy (non-hydrogen) atoms. The van der Waals surface area contributed by atoms with Gasteiger partial charge >= 0.3 is 10.1 Å². The fraction of sp³-hybridized carbons (Fsp3) is 0.167. The monoisotopic (exact) mass is 577 g/mol. The van der Waals surface area contributed by atoms with E-state index in [4.69, 9.17) is 19.4 Å². The van der Waals surface area contributed by atoms with E-state index in [1.165, 1.54) is 80.8 Å². The van der Waals surface area contributed by atoms with Crippen LogP contribution in [0.2, 0.25) is 0 Å². The number of carbonyl (C=O) groups excluding carboxylic acids is 1. The van der Waals surface area contributed by atoms with Crippen LogP contribution in [0.5, 0.6) is 17.2 Å². The van der Waals surface area contributed by atoms with Crippen molar-refractivity contribution in [1.82, 2.24) is 4.90 Å². The molecule has 1 heterocycles. The number of amides is 1. The van der Waals surface area contributed by atoms with Crippen LogP contribution in [0.15, 0.2) is 75.0 Å². The van der Waals surface area contributed by atoms with Crippen LogP contribution in [0, 0.1) is 5.82 Å². The van der Waals surface area contributed by atoms with Gasteiger partial charge in [-0.25, -0.2) is 9.38 Å². The lowest BCUT2D eigenvalue weighted by Gasteiger charge is -2.26. The Morgan fingerprint density at radius 2 is 1.61 bits per heavy atom. The molecule has 0 saturated heterocycles. The highest BCUT2D eigenvalue weighted by Gasteiger charge is 2.49. The number of nitrogens with two attached hydrogens (primary N) is 1. The highest BCUT2D eigenvalue weighted by atomic mass is 79.9. The zero-order valence-electron chi connectivity index (χ0n) is 19.4. The first-order valence-corrected chi connectivity index (χ1v) is 12.6. The molecule has 1 aliphatic rings. The fourth-order valence-electron chi connectivity index (χ4n) is 3.81. The van der Waals surface area contributed by atoms with E-state index in [-0.39, 0.29) is 26.8 Å². The summed E-state index contributed by atoms with van der Waals surface area (Å²) >= 11 is 3.14. The molecule has 1 aliphatic heterocycles. The number of hydrogen-bond acceptors (Lipinski definition) is 8. The molecule has 1 unspecified atom stereocenters. The third-order valence-corrected chi connectivity index (χ3v) is 7.57. The number of aliphatic imine (C=N–C) groups is 1. The van der Waals surface area contributed by atoms with E-state index in [2.05, 4.69) is 20.9 Å². The molecule has 1 amide bonds. The Kier molecular flexibility index (Phi) is 6.67. The van der Waals surface area contributed by atoms with Gasteiger partial charge in [0.1, 0.15) is 23.1 Å². The maximum absolute atomic E-state index is 13.9. The average molecular weight is 578 g/mol. The minimum Gasteiger partial charge on any atom is -0.497 e. The number of rotatable bonds is 7. The summed E-state index contributed by atoms with van der Waals surface area (Å²) in [6.45, 7) is 0. The minimum absolute atomic E-state index is 0.0187. The van der Waals surface area contributed by atoms with Crippen LogP contribution in [0.1, 0.15) is 11.1 Å². The predicted molar refractivity (Wildman–Crippen MR) is 133 cm³/mol. The van der Waals surface area contributed by atoms with Crippen LogP contribution in [0.25, 0.3) is 0 Å². The quantitative estimate of drug-likeness (QED) is 0.427. The van der Waals surface area contributed by atoms with Crippen molar-refractivity contribution in [1.29, 1.82) is 0 Å². The van der Waals surface area contributed by atoms with Crippen LogP contribution in [0.4, 0.5) is 4.39 Å². The van der Waals surface area contributed by atoms with Gasteiger partial charge in [0, 0.05) is 13.1 Å². The van der Waals surface area contributed by atoms with Crippen LogP contribution < -0.4 is 19.4 Å². The second kappa shape index (κ2) is 9.43. The number of carbonyl (C=O) groups is 1. The zero-order valence-corrected chi connectivity index (χ0v) is 21.8. The Morgan fingerprint density at radius 3 is 2.17 bits per heavy atom. The van der Waals surface area contributed by atoms with Crippen LogP contribution in [-0.2, 0) is 20.5 Å². The largest absolute Gasteiger partial charge is 0.497 e. The Bertz CT molecular complexity index is 1480. The van der Waals surface area contributed by atoms with E-state index in [1.54, 1.807) is 6.07 Å². The number of halogens is 2. The first kappa shape index (κ1) is 25.5. The number of guanidine groups is 1. The van der Waals surface area contributed by atoms with Gasteiger partial charge in [0.25, 0.3) is 5.91 Å². The molecule has 1 atom stereocenters. The third kappa shape index (κ3) is 4.26. The Morgan fingerprint density at radius 1 is 0.972 bits per heavy atom. The lowest BCUT2D eigenvalue weighted by atomic mass is 9.83. The number of benzene rings is 3. The molecule has 3 aromatic carbocycles. The molecule has 3 aromatic rings. The molecule has 0 saturated carbocycles. The van der Waals surface area contributed by atoms with Crippen molar-refractivity contribution in [3.05, 3.63) is 82.1 Å². The molecule has 188 valence electrons. The number of ether oxygens (including phenoxy) is 2. The van der Waals surface area contributed by atoms with E-state index >= 15 is 0 Å². The summed E-state index contributed by atoms with van der Waals surface area (Å²) in [7, 11) is -0.0780. The number of nitrogens with zero attached hydrogens (tertiary/aromatic N) is 2. The van der Waals surface area contributed by atoms with E-state index in [1.807, 2.05) is 0 Å². The predicted octanol–water partition coefficient (Wildman–Crippen LogP) is 3.40. The van der Waals surface area contributed by atoms with Gasteiger partial charge in [0.15, 0.2) is 16.4 Å². The van der Waals surface area contributed by atoms with Gasteiger partial charge in [-0.2, -0.15) is 8.42 Å².